The zero-order chi connectivity index (χ0) is 39.5. The maximum absolute atomic E-state index is 6.97. The van der Waals surface area contributed by atoms with Crippen molar-refractivity contribution in [1.29, 1.82) is 0 Å². The van der Waals surface area contributed by atoms with E-state index in [9.17, 15) is 0 Å². The third kappa shape index (κ3) is 8.10. The number of rotatable bonds is 6. The van der Waals surface area contributed by atoms with Crippen LogP contribution in [0.3, 0.4) is 0 Å². The zero-order valence-corrected chi connectivity index (χ0v) is 39.4. The number of hydrogen-bond acceptors (Lipinski definition) is 0. The van der Waals surface area contributed by atoms with Gasteiger partial charge in [-0.05, 0) is 0 Å². The summed E-state index contributed by atoms with van der Waals surface area (Å²) in [6.07, 6.45) is 9.05. The molecule has 0 saturated carbocycles. The molecule has 2 aliphatic carbocycles. The smallest absolute Gasteiger partial charge is 1.00 e. The Morgan fingerprint density at radius 3 is 1.88 bits per heavy atom. The first kappa shape index (κ1) is 43.0. The van der Waals surface area contributed by atoms with Gasteiger partial charge in [-0.2, -0.15) is 0 Å². The Morgan fingerprint density at radius 2 is 1.22 bits per heavy atom. The molecule has 0 aliphatic heterocycles. The van der Waals surface area contributed by atoms with Crippen molar-refractivity contribution in [3.8, 4) is 33.4 Å². The van der Waals surface area contributed by atoms with Gasteiger partial charge in [0.1, 0.15) is 0 Å². The second-order valence-corrected chi connectivity index (χ2v) is 24.1. The molecule has 0 heterocycles. The molecule has 0 spiro atoms. The van der Waals surface area contributed by atoms with Gasteiger partial charge in [-0.15, -0.1) is 0 Å². The summed E-state index contributed by atoms with van der Waals surface area (Å²) in [6.45, 7) is 14.3. The summed E-state index contributed by atoms with van der Waals surface area (Å²) < 4.78 is 4.70. The molecule has 0 fully saturated rings. The van der Waals surface area contributed by atoms with Crippen LogP contribution in [0.1, 0.15) is 81.3 Å². The standard InChI is InChI=1S/C33H33.C17H11Cl.C5H5.2ClH.Zr/c1-32(2,3)30-20-26-24(18-28(30)22-13-9-7-10-14-22)17-25-19-29(23-15-11-8-12-16-23)31(21-27(25)26)33(4,5)6;18-16-9-3-5-13(12-16)11-15-8-4-7-14-6-1-2-10-17(14)15;1-2-4-5-3-1;;;/h7-16,18,20-21H,17H2,1-6H3;1-10,12H;1-3H,4H2;2*1H;/q;;;;;+2/p-2. The molecule has 294 valence electrons. The third-order valence-electron chi connectivity index (χ3n) is 11.9. The maximum atomic E-state index is 6.97. The van der Waals surface area contributed by atoms with Gasteiger partial charge in [0.25, 0.3) is 0 Å². The van der Waals surface area contributed by atoms with E-state index in [1.54, 1.807) is 6.55 Å². The molecule has 0 unspecified atom stereocenters. The summed E-state index contributed by atoms with van der Waals surface area (Å²) >= 11 is 3.75. The summed E-state index contributed by atoms with van der Waals surface area (Å²) in [5.41, 5.74) is 16.4. The van der Waals surface area contributed by atoms with Crippen molar-refractivity contribution < 1.29 is 46.1 Å². The van der Waals surface area contributed by atoms with Gasteiger partial charge in [0.05, 0.1) is 0 Å². The first-order chi connectivity index (χ1) is 27.5. The Morgan fingerprint density at radius 1 is 0.593 bits per heavy atom. The summed E-state index contributed by atoms with van der Waals surface area (Å²) in [4.78, 5) is 0. The Kier molecular flexibility index (Phi) is 12.5. The molecule has 7 aromatic carbocycles. The van der Waals surface area contributed by atoms with Crippen LogP contribution in [0.15, 0.2) is 167 Å². The largest absolute Gasteiger partial charge is 1.00 e. The summed E-state index contributed by atoms with van der Waals surface area (Å²) in [5, 5.41) is 3.34. The second kappa shape index (κ2) is 17.1. The molecule has 4 heteroatoms. The number of allylic oxidation sites excluding steroid dienone is 4. The zero-order valence-electron chi connectivity index (χ0n) is 34.6. The molecule has 0 bridgehead atoms. The topological polar surface area (TPSA) is 0 Å². The van der Waals surface area contributed by atoms with Crippen molar-refractivity contribution in [3.63, 3.8) is 0 Å². The molecule has 0 nitrogen and oxygen atoms in total. The average Bonchev–Trinajstić information content (AvgIpc) is 3.87. The average molecular weight is 908 g/mol. The Hall–Kier alpha value is -4.10. The van der Waals surface area contributed by atoms with Crippen LogP contribution < -0.4 is 28.1 Å². The molecule has 59 heavy (non-hydrogen) atoms. The molecule has 0 radical (unpaired) electrons. The minimum absolute atomic E-state index is 0. The SMILES string of the molecule is CC(C)(C)c1cc2c(cc1-c1ccccc1)Cc1c-2cc(C(C)(C)C)c(-c2ccccc2)[c]1/[Zr+2]([C]1=CC=CC1)=[C](\c1cccc(Cl)c1)c1cccc2ccccc12.[Cl-].[Cl-]. The molecule has 2 aliphatic rings. The Bertz CT molecular complexity index is 2790. The van der Waals surface area contributed by atoms with Gasteiger partial charge in [-0.3, -0.25) is 0 Å². The van der Waals surface area contributed by atoms with Gasteiger partial charge in [-0.1, -0.05) is 0 Å². The van der Waals surface area contributed by atoms with Crippen LogP contribution in [0.2, 0.25) is 5.02 Å². The van der Waals surface area contributed by atoms with E-state index < -0.39 is 21.3 Å². The first-order valence-corrected chi connectivity index (χ1v) is 24.4. The van der Waals surface area contributed by atoms with Gasteiger partial charge in [0, 0.05) is 0 Å². The van der Waals surface area contributed by atoms with Crippen LogP contribution in [-0.2, 0) is 38.5 Å². The van der Waals surface area contributed by atoms with Gasteiger partial charge >= 0.3 is 354 Å². The summed E-state index contributed by atoms with van der Waals surface area (Å²) in [7, 11) is 0. The summed E-state index contributed by atoms with van der Waals surface area (Å²) in [5.74, 6) is 0. The number of fused-ring (bicyclic) bond motifs is 4. The fourth-order valence-corrected chi connectivity index (χ4v) is 17.9. The van der Waals surface area contributed by atoms with E-state index in [2.05, 4.69) is 199 Å². The predicted octanol–water partition coefficient (Wildman–Crippen LogP) is 8.36. The molecule has 0 aromatic heterocycles. The van der Waals surface area contributed by atoms with Crippen LogP contribution >= 0.6 is 11.6 Å². The van der Waals surface area contributed by atoms with Crippen molar-refractivity contribution in [1.82, 2.24) is 0 Å². The van der Waals surface area contributed by atoms with Crippen molar-refractivity contribution >= 4 is 28.9 Å². The van der Waals surface area contributed by atoms with E-state index >= 15 is 0 Å². The van der Waals surface area contributed by atoms with Crippen molar-refractivity contribution in [3.05, 3.63) is 206 Å². The molecular weight excluding hydrogens is 858 g/mol. The van der Waals surface area contributed by atoms with Crippen LogP contribution in [0.4, 0.5) is 0 Å². The molecule has 9 rings (SSSR count). The monoisotopic (exact) mass is 904 g/mol. The van der Waals surface area contributed by atoms with E-state index in [4.69, 9.17) is 11.6 Å². The molecule has 0 N–H and O–H groups in total. The molecular formula is C55H49Cl3Zr. The fourth-order valence-electron chi connectivity index (χ4n) is 9.23. The first-order valence-electron chi connectivity index (χ1n) is 20.3. The maximum Gasteiger partial charge on any atom is -1.00 e. The molecule has 0 saturated heterocycles. The van der Waals surface area contributed by atoms with Gasteiger partial charge < -0.3 is 24.8 Å². The minimum atomic E-state index is -3.22. The quantitative estimate of drug-likeness (QED) is 0.158. The van der Waals surface area contributed by atoms with E-state index in [0.29, 0.717) is 0 Å². The van der Waals surface area contributed by atoms with Gasteiger partial charge in [0.15, 0.2) is 0 Å². The molecule has 0 amide bonds. The van der Waals surface area contributed by atoms with Crippen LogP contribution in [0.5, 0.6) is 0 Å². The van der Waals surface area contributed by atoms with Crippen molar-refractivity contribution in [2.75, 3.05) is 0 Å². The van der Waals surface area contributed by atoms with Crippen molar-refractivity contribution in [2.45, 2.75) is 65.2 Å². The van der Waals surface area contributed by atoms with Gasteiger partial charge in [-0.25, -0.2) is 0 Å². The van der Waals surface area contributed by atoms with Crippen LogP contribution in [0, 0.1) is 0 Å². The summed E-state index contributed by atoms with van der Waals surface area (Å²) in [6, 6.07) is 54.6. The van der Waals surface area contributed by atoms with E-state index in [-0.39, 0.29) is 35.6 Å². The van der Waals surface area contributed by atoms with E-state index in [0.717, 1.165) is 17.9 Å². The Labute approximate surface area is 376 Å². The van der Waals surface area contributed by atoms with E-state index in [1.807, 2.05) is 6.07 Å². The second-order valence-electron chi connectivity index (χ2n) is 17.8. The number of hydrogen-bond donors (Lipinski definition) is 0. The normalized spacial score (nSPS) is 13.3. The van der Waals surface area contributed by atoms with Crippen LogP contribution in [0.25, 0.3) is 44.2 Å². The predicted molar refractivity (Wildman–Crippen MR) is 243 cm³/mol. The minimum Gasteiger partial charge on any atom is -1.00 e. The number of benzene rings is 7. The molecule has 0 atom stereocenters. The van der Waals surface area contributed by atoms with Crippen molar-refractivity contribution in [2.24, 2.45) is 0 Å². The van der Waals surface area contributed by atoms with Crippen LogP contribution in [-0.4, -0.2) is 3.21 Å². The Balaban J connectivity index is 0.00000264. The molecule has 7 aromatic rings. The third-order valence-corrected chi connectivity index (χ3v) is 19.8. The van der Waals surface area contributed by atoms with Gasteiger partial charge in [0.2, 0.25) is 0 Å². The van der Waals surface area contributed by atoms with E-state index in [1.165, 1.54) is 80.7 Å². The fraction of sp³-hybridized carbons (Fsp3) is 0.182. The number of halogens is 3.